The Morgan fingerprint density at radius 3 is 2.46 bits per heavy atom. The maximum absolute atomic E-state index is 12.0. The fraction of sp³-hybridized carbons (Fsp3) is 0.929. The van der Waals surface area contributed by atoms with Crippen LogP contribution in [0.1, 0.15) is 34.6 Å². The quantitative estimate of drug-likeness (QED) is 0.371. The Morgan fingerprint density at radius 2 is 1.85 bits per heavy atom. The standard InChI is InChI=1S/C14H24N2O9S/c1-8(17)16(15)26(18,19)21-7-14-11(24-13(4,5)25-14)10-9(6-20-14)22-12(2,3)23-10/h9-11H,6-7,15H2,1-5H3/t9-,10-,11+,14+/m1/s1. The van der Waals surface area contributed by atoms with E-state index in [1.165, 1.54) is 0 Å². The lowest BCUT2D eigenvalue weighted by molar-refractivity contribution is -0.290. The van der Waals surface area contributed by atoms with Crippen LogP contribution >= 0.6 is 0 Å². The first-order valence-corrected chi connectivity index (χ1v) is 9.46. The summed E-state index contributed by atoms with van der Waals surface area (Å²) in [5, 5.41) is 0. The van der Waals surface area contributed by atoms with Gasteiger partial charge in [0.15, 0.2) is 11.6 Å². The van der Waals surface area contributed by atoms with Gasteiger partial charge in [0, 0.05) is 6.92 Å². The molecule has 11 nitrogen and oxygen atoms in total. The Morgan fingerprint density at radius 1 is 1.19 bits per heavy atom. The number of hydrazine groups is 1. The molecule has 4 atom stereocenters. The molecule has 0 radical (unpaired) electrons. The number of nitrogens with zero attached hydrogens (tertiary/aromatic N) is 1. The average molecular weight is 396 g/mol. The number of carbonyl (C=O) groups is 1. The number of ether oxygens (including phenoxy) is 5. The number of hydrogen-bond acceptors (Lipinski definition) is 10. The number of hydrogen-bond donors (Lipinski definition) is 1. The van der Waals surface area contributed by atoms with E-state index in [0.29, 0.717) is 0 Å². The number of carbonyl (C=O) groups excluding carboxylic acids is 1. The largest absolute Gasteiger partial charge is 0.378 e. The summed E-state index contributed by atoms with van der Waals surface area (Å²) in [6, 6.07) is 0. The van der Waals surface area contributed by atoms with Crippen LogP contribution in [0, 0.1) is 0 Å². The van der Waals surface area contributed by atoms with Gasteiger partial charge in [-0.25, -0.2) is 10.0 Å². The van der Waals surface area contributed by atoms with Gasteiger partial charge in [-0.1, -0.05) is 0 Å². The second kappa shape index (κ2) is 6.07. The summed E-state index contributed by atoms with van der Waals surface area (Å²) in [5.74, 6) is 0.851. The Hall–Kier alpha value is -0.860. The molecule has 0 unspecified atom stereocenters. The van der Waals surface area contributed by atoms with Gasteiger partial charge in [-0.3, -0.25) is 4.79 Å². The summed E-state index contributed by atoms with van der Waals surface area (Å²) in [6.07, 6.45) is -1.76. The zero-order valence-corrected chi connectivity index (χ0v) is 16.1. The van der Waals surface area contributed by atoms with Gasteiger partial charge in [0.25, 0.3) is 0 Å². The summed E-state index contributed by atoms with van der Waals surface area (Å²) < 4.78 is 58.2. The third-order valence-electron chi connectivity index (χ3n) is 4.23. The van der Waals surface area contributed by atoms with E-state index in [1.807, 2.05) is 0 Å². The van der Waals surface area contributed by atoms with Crippen LogP contribution < -0.4 is 5.84 Å². The van der Waals surface area contributed by atoms with Gasteiger partial charge >= 0.3 is 10.3 Å². The van der Waals surface area contributed by atoms with Gasteiger partial charge in [0.05, 0.1) is 6.61 Å². The van der Waals surface area contributed by atoms with Crippen molar-refractivity contribution in [1.29, 1.82) is 0 Å². The van der Waals surface area contributed by atoms with Crippen molar-refractivity contribution in [3.63, 3.8) is 0 Å². The summed E-state index contributed by atoms with van der Waals surface area (Å²) in [7, 11) is -4.51. The highest BCUT2D eigenvalue weighted by Gasteiger charge is 2.65. The van der Waals surface area contributed by atoms with E-state index < -0.39 is 58.5 Å². The minimum absolute atomic E-state index is 0.00349. The molecule has 150 valence electrons. The van der Waals surface area contributed by atoms with Crippen molar-refractivity contribution >= 4 is 16.2 Å². The average Bonchev–Trinajstić information content (AvgIpc) is 2.96. The second-order valence-corrected chi connectivity index (χ2v) is 8.82. The minimum Gasteiger partial charge on any atom is -0.343 e. The van der Waals surface area contributed by atoms with E-state index >= 15 is 0 Å². The zero-order chi connectivity index (χ0) is 19.5. The Bertz CT molecular complexity index is 695. The van der Waals surface area contributed by atoms with Crippen molar-refractivity contribution in [2.24, 2.45) is 5.84 Å². The summed E-state index contributed by atoms with van der Waals surface area (Å²) >= 11 is 0. The monoisotopic (exact) mass is 396 g/mol. The molecule has 3 saturated heterocycles. The molecule has 0 bridgehead atoms. The van der Waals surface area contributed by atoms with E-state index in [4.69, 9.17) is 33.7 Å². The molecule has 0 aromatic heterocycles. The highest BCUT2D eigenvalue weighted by Crippen LogP contribution is 2.47. The minimum atomic E-state index is -4.51. The molecule has 1 amide bonds. The van der Waals surface area contributed by atoms with Crippen LogP contribution in [-0.4, -0.2) is 67.6 Å². The highest BCUT2D eigenvalue weighted by atomic mass is 32.2. The van der Waals surface area contributed by atoms with Crippen molar-refractivity contribution < 1.29 is 41.1 Å². The molecule has 26 heavy (non-hydrogen) atoms. The first-order chi connectivity index (χ1) is 11.8. The lowest BCUT2D eigenvalue weighted by Gasteiger charge is -2.40. The fourth-order valence-electron chi connectivity index (χ4n) is 3.32. The van der Waals surface area contributed by atoms with E-state index in [0.717, 1.165) is 6.92 Å². The predicted octanol–water partition coefficient (Wildman–Crippen LogP) is -0.632. The van der Waals surface area contributed by atoms with Crippen molar-refractivity contribution in [2.75, 3.05) is 13.2 Å². The highest BCUT2D eigenvalue weighted by molar-refractivity contribution is 7.84. The molecular formula is C14H24N2O9S. The van der Waals surface area contributed by atoms with E-state index in [9.17, 15) is 13.2 Å². The van der Waals surface area contributed by atoms with Crippen molar-refractivity contribution in [3.05, 3.63) is 0 Å². The number of amides is 1. The molecule has 0 saturated carbocycles. The van der Waals surface area contributed by atoms with Crippen LogP contribution in [-0.2, 0) is 43.0 Å². The van der Waals surface area contributed by atoms with Crippen molar-refractivity contribution in [2.45, 2.75) is 70.3 Å². The molecule has 3 heterocycles. The predicted molar refractivity (Wildman–Crippen MR) is 84.1 cm³/mol. The number of fused-ring (bicyclic) bond motifs is 3. The topological polar surface area (TPSA) is 136 Å². The molecule has 0 aliphatic carbocycles. The van der Waals surface area contributed by atoms with E-state index in [2.05, 4.69) is 0 Å². The Kier molecular flexibility index (Phi) is 4.64. The van der Waals surface area contributed by atoms with Crippen molar-refractivity contribution in [3.8, 4) is 0 Å². The van der Waals surface area contributed by atoms with Crippen LogP contribution in [0.3, 0.4) is 0 Å². The molecule has 2 N–H and O–H groups in total. The molecule has 3 aliphatic heterocycles. The zero-order valence-electron chi connectivity index (χ0n) is 15.3. The summed E-state index contributed by atoms with van der Waals surface area (Å²) in [6.45, 7) is 7.34. The second-order valence-electron chi connectivity index (χ2n) is 7.34. The normalized spacial score (nSPS) is 37.8. The molecular weight excluding hydrogens is 372 g/mol. The van der Waals surface area contributed by atoms with Gasteiger partial charge < -0.3 is 23.7 Å². The maximum Gasteiger partial charge on any atom is 0.378 e. The first kappa shape index (κ1) is 19.9. The van der Waals surface area contributed by atoms with Gasteiger partial charge in [0.1, 0.15) is 24.9 Å². The third kappa shape index (κ3) is 3.47. The molecule has 0 aromatic rings. The molecule has 0 aromatic carbocycles. The SMILES string of the molecule is CC(=O)N(N)S(=O)(=O)OC[C@@]12OC[C@H]3OC(C)(C)O[C@H]3[C@@H]1OC(C)(C)O2. The summed E-state index contributed by atoms with van der Waals surface area (Å²) in [4.78, 5) is 11.2. The summed E-state index contributed by atoms with van der Waals surface area (Å²) in [5.41, 5.74) is 0. The number of nitrogens with two attached hydrogens (primary N) is 1. The lowest BCUT2D eigenvalue weighted by atomic mass is 9.98. The van der Waals surface area contributed by atoms with E-state index in [-0.39, 0.29) is 11.0 Å². The molecule has 12 heteroatoms. The van der Waals surface area contributed by atoms with Crippen LogP contribution in [0.2, 0.25) is 0 Å². The molecule has 3 aliphatic rings. The third-order valence-corrected chi connectivity index (χ3v) is 5.39. The van der Waals surface area contributed by atoms with Crippen LogP contribution in [0.25, 0.3) is 0 Å². The van der Waals surface area contributed by atoms with Gasteiger partial charge in [-0.15, -0.1) is 4.41 Å². The van der Waals surface area contributed by atoms with Gasteiger partial charge in [0.2, 0.25) is 11.7 Å². The number of rotatable bonds is 4. The molecule has 0 spiro atoms. The maximum atomic E-state index is 12.0. The van der Waals surface area contributed by atoms with Gasteiger partial charge in [-0.05, 0) is 27.7 Å². The smallest absolute Gasteiger partial charge is 0.343 e. The van der Waals surface area contributed by atoms with Crippen LogP contribution in [0.4, 0.5) is 0 Å². The van der Waals surface area contributed by atoms with Crippen LogP contribution in [0.15, 0.2) is 0 Å². The molecule has 3 rings (SSSR count). The fourth-order valence-corrected chi connectivity index (χ4v) is 4.06. The van der Waals surface area contributed by atoms with Crippen molar-refractivity contribution in [1.82, 2.24) is 4.41 Å². The Labute approximate surface area is 151 Å². The lowest BCUT2D eigenvalue weighted by Crippen LogP contribution is -2.61. The molecule has 3 fully saturated rings. The Balaban J connectivity index is 1.83. The van der Waals surface area contributed by atoms with Gasteiger partial charge in [-0.2, -0.15) is 8.42 Å². The van der Waals surface area contributed by atoms with E-state index in [1.54, 1.807) is 27.7 Å². The first-order valence-electron chi connectivity index (χ1n) is 8.09. The van der Waals surface area contributed by atoms with Crippen LogP contribution in [0.5, 0.6) is 0 Å².